The number of benzene rings is 1. The summed E-state index contributed by atoms with van der Waals surface area (Å²) >= 11 is 0. The molecule has 1 amide bonds. The van der Waals surface area contributed by atoms with Gasteiger partial charge in [-0.2, -0.15) is 5.10 Å². The molecule has 116 valence electrons. The van der Waals surface area contributed by atoms with E-state index in [2.05, 4.69) is 12.0 Å². The predicted molar refractivity (Wildman–Crippen MR) is 79.6 cm³/mol. The monoisotopic (exact) mass is 303 g/mol. The molecule has 0 aliphatic carbocycles. The Morgan fingerprint density at radius 1 is 1.32 bits per heavy atom. The molecule has 1 saturated heterocycles. The Balaban J connectivity index is 1.76. The molecule has 0 radical (unpaired) electrons. The lowest BCUT2D eigenvalue weighted by Crippen LogP contribution is -2.41. The fourth-order valence-corrected chi connectivity index (χ4v) is 3.03. The first-order valence-corrected chi connectivity index (χ1v) is 7.34. The number of piperidine rings is 1. The maximum atomic E-state index is 13.0. The number of hydrogen-bond acceptors (Lipinski definition) is 2. The molecule has 1 aromatic carbocycles. The van der Waals surface area contributed by atoms with Gasteiger partial charge in [0.05, 0.1) is 11.4 Å². The van der Waals surface area contributed by atoms with Crippen LogP contribution in [0.15, 0.2) is 36.5 Å². The number of hydrogen-bond donors (Lipinski definition) is 1. The van der Waals surface area contributed by atoms with Gasteiger partial charge in [0.2, 0.25) is 0 Å². The third-order valence-corrected chi connectivity index (χ3v) is 4.26. The summed E-state index contributed by atoms with van der Waals surface area (Å²) in [4.78, 5) is 12.5. The standard InChI is InChI=1S/C16H18FN3O2/c1-11-10-19(16(21)22)8-6-14(11)15-7-9-20(18-15)13-4-2-12(17)3-5-13/h2-5,7,9,11,14H,6,8,10H2,1H3,(H,21,22). The van der Waals surface area contributed by atoms with Gasteiger partial charge in [-0.3, -0.25) is 0 Å². The quantitative estimate of drug-likeness (QED) is 0.927. The topological polar surface area (TPSA) is 58.4 Å². The second-order valence-corrected chi connectivity index (χ2v) is 5.76. The number of carbonyl (C=O) groups is 1. The summed E-state index contributed by atoms with van der Waals surface area (Å²) in [5.74, 6) is 0.199. The van der Waals surface area contributed by atoms with Crippen molar-refractivity contribution in [3.63, 3.8) is 0 Å². The van der Waals surface area contributed by atoms with Crippen LogP contribution in [0, 0.1) is 11.7 Å². The molecule has 1 fully saturated rings. The van der Waals surface area contributed by atoms with E-state index in [0.717, 1.165) is 17.8 Å². The Morgan fingerprint density at radius 3 is 2.68 bits per heavy atom. The Labute approximate surface area is 128 Å². The Hall–Kier alpha value is -2.37. The average molecular weight is 303 g/mol. The zero-order valence-electron chi connectivity index (χ0n) is 12.3. The van der Waals surface area contributed by atoms with E-state index in [4.69, 9.17) is 5.11 Å². The van der Waals surface area contributed by atoms with E-state index in [0.29, 0.717) is 13.1 Å². The van der Waals surface area contributed by atoms with Crippen LogP contribution in [0.3, 0.4) is 0 Å². The summed E-state index contributed by atoms with van der Waals surface area (Å²) in [5.41, 5.74) is 1.77. The highest BCUT2D eigenvalue weighted by Crippen LogP contribution is 2.32. The van der Waals surface area contributed by atoms with Crippen molar-refractivity contribution in [2.75, 3.05) is 13.1 Å². The van der Waals surface area contributed by atoms with Gasteiger partial charge < -0.3 is 10.0 Å². The van der Waals surface area contributed by atoms with Crippen LogP contribution in [0.2, 0.25) is 0 Å². The highest BCUT2D eigenvalue weighted by Gasteiger charge is 2.30. The van der Waals surface area contributed by atoms with Gasteiger partial charge in [-0.25, -0.2) is 13.9 Å². The van der Waals surface area contributed by atoms with Gasteiger partial charge in [-0.05, 0) is 42.7 Å². The van der Waals surface area contributed by atoms with E-state index in [9.17, 15) is 9.18 Å². The first-order chi connectivity index (χ1) is 10.5. The van der Waals surface area contributed by atoms with Gasteiger partial charge in [0.25, 0.3) is 0 Å². The first-order valence-electron chi connectivity index (χ1n) is 7.34. The molecule has 0 spiro atoms. The molecule has 0 saturated carbocycles. The molecule has 1 aliphatic heterocycles. The summed E-state index contributed by atoms with van der Waals surface area (Å²) in [6.45, 7) is 3.12. The molecule has 6 heteroatoms. The Bertz CT molecular complexity index is 668. The van der Waals surface area contributed by atoms with Crippen LogP contribution < -0.4 is 0 Å². The van der Waals surface area contributed by atoms with Crippen molar-refractivity contribution < 1.29 is 14.3 Å². The van der Waals surface area contributed by atoms with E-state index in [-0.39, 0.29) is 17.7 Å². The lowest BCUT2D eigenvalue weighted by Gasteiger charge is -2.34. The maximum Gasteiger partial charge on any atom is 0.407 e. The van der Waals surface area contributed by atoms with Crippen molar-refractivity contribution in [3.8, 4) is 5.69 Å². The van der Waals surface area contributed by atoms with Gasteiger partial charge in [0.15, 0.2) is 0 Å². The molecule has 1 aliphatic rings. The minimum Gasteiger partial charge on any atom is -0.465 e. The summed E-state index contributed by atoms with van der Waals surface area (Å²) in [5, 5.41) is 13.6. The molecular formula is C16H18FN3O2. The second-order valence-electron chi connectivity index (χ2n) is 5.76. The van der Waals surface area contributed by atoms with Crippen LogP contribution in [-0.4, -0.2) is 39.0 Å². The van der Waals surface area contributed by atoms with E-state index >= 15 is 0 Å². The minimum absolute atomic E-state index is 0.224. The fraction of sp³-hybridized carbons (Fsp3) is 0.375. The highest BCUT2D eigenvalue weighted by molar-refractivity contribution is 5.65. The molecule has 2 atom stereocenters. The Morgan fingerprint density at radius 2 is 2.05 bits per heavy atom. The van der Waals surface area contributed by atoms with Crippen LogP contribution in [0.1, 0.15) is 25.0 Å². The van der Waals surface area contributed by atoms with Gasteiger partial charge in [0, 0.05) is 25.2 Å². The molecule has 3 rings (SSSR count). The number of carboxylic acid groups (broad SMARTS) is 1. The van der Waals surface area contributed by atoms with E-state index in [1.165, 1.54) is 17.0 Å². The lowest BCUT2D eigenvalue weighted by atomic mass is 9.85. The van der Waals surface area contributed by atoms with Crippen LogP contribution >= 0.6 is 0 Å². The normalized spacial score (nSPS) is 21.8. The fourth-order valence-electron chi connectivity index (χ4n) is 3.03. The van der Waals surface area contributed by atoms with Crippen LogP contribution in [0.4, 0.5) is 9.18 Å². The van der Waals surface area contributed by atoms with Crippen molar-refractivity contribution in [3.05, 3.63) is 48.0 Å². The summed E-state index contributed by atoms with van der Waals surface area (Å²) in [7, 11) is 0. The van der Waals surface area contributed by atoms with Gasteiger partial charge in [-0.15, -0.1) is 0 Å². The third-order valence-electron chi connectivity index (χ3n) is 4.26. The average Bonchev–Trinajstić information content (AvgIpc) is 2.97. The van der Waals surface area contributed by atoms with E-state index in [1.807, 2.05) is 12.3 Å². The predicted octanol–water partition coefficient (Wildman–Crippen LogP) is 3.11. The van der Waals surface area contributed by atoms with Gasteiger partial charge in [0.1, 0.15) is 5.82 Å². The van der Waals surface area contributed by atoms with Crippen LogP contribution in [0.5, 0.6) is 0 Å². The number of likely N-dealkylation sites (tertiary alicyclic amines) is 1. The summed E-state index contributed by atoms with van der Waals surface area (Å²) < 4.78 is 14.7. The Kier molecular flexibility index (Phi) is 3.83. The molecule has 5 nitrogen and oxygen atoms in total. The minimum atomic E-state index is -0.859. The van der Waals surface area contributed by atoms with Crippen LogP contribution in [0.25, 0.3) is 5.69 Å². The number of aromatic nitrogens is 2. The maximum absolute atomic E-state index is 13.0. The summed E-state index contributed by atoms with van der Waals surface area (Å²) in [6, 6.07) is 8.14. The molecule has 2 unspecified atom stereocenters. The molecule has 2 heterocycles. The molecule has 22 heavy (non-hydrogen) atoms. The smallest absolute Gasteiger partial charge is 0.407 e. The summed E-state index contributed by atoms with van der Waals surface area (Å²) in [6.07, 6.45) is 1.77. The van der Waals surface area contributed by atoms with Gasteiger partial charge in [-0.1, -0.05) is 6.92 Å². The number of amides is 1. The molecule has 0 bridgehead atoms. The lowest BCUT2D eigenvalue weighted by molar-refractivity contribution is 0.115. The van der Waals surface area contributed by atoms with E-state index < -0.39 is 6.09 Å². The largest absolute Gasteiger partial charge is 0.465 e. The van der Waals surface area contributed by atoms with E-state index in [1.54, 1.807) is 16.8 Å². The van der Waals surface area contributed by atoms with Crippen molar-refractivity contribution in [2.24, 2.45) is 5.92 Å². The zero-order valence-corrected chi connectivity index (χ0v) is 12.3. The highest BCUT2D eigenvalue weighted by atomic mass is 19.1. The van der Waals surface area contributed by atoms with Crippen molar-refractivity contribution in [1.29, 1.82) is 0 Å². The molecule has 2 aromatic rings. The number of halogens is 1. The first kappa shape index (κ1) is 14.6. The number of nitrogens with zero attached hydrogens (tertiary/aromatic N) is 3. The SMILES string of the molecule is CC1CN(C(=O)O)CCC1c1ccn(-c2ccc(F)cc2)n1. The second kappa shape index (κ2) is 5.79. The molecule has 1 aromatic heterocycles. The molecule has 1 N–H and O–H groups in total. The zero-order chi connectivity index (χ0) is 15.7. The molecular weight excluding hydrogens is 285 g/mol. The van der Waals surface area contributed by atoms with Crippen LogP contribution in [-0.2, 0) is 0 Å². The van der Waals surface area contributed by atoms with Gasteiger partial charge >= 0.3 is 6.09 Å². The van der Waals surface area contributed by atoms with Crippen molar-refractivity contribution in [2.45, 2.75) is 19.3 Å². The van der Waals surface area contributed by atoms with Crippen molar-refractivity contribution >= 4 is 6.09 Å². The van der Waals surface area contributed by atoms with Crippen molar-refractivity contribution in [1.82, 2.24) is 14.7 Å². The number of rotatable bonds is 2. The third kappa shape index (κ3) is 2.81.